The van der Waals surface area contributed by atoms with Crippen molar-refractivity contribution in [2.45, 2.75) is 25.3 Å². The number of nitrogens with one attached hydrogen (secondary N) is 1. The van der Waals surface area contributed by atoms with Crippen LogP contribution in [0.25, 0.3) is 0 Å². The minimum absolute atomic E-state index is 0.115. The SMILES string of the molecule is O=[N+]([O-])c1ccccc1CCN(CCO)CC1CCCN1. The maximum atomic E-state index is 11.0. The molecule has 1 unspecified atom stereocenters. The second kappa shape index (κ2) is 8.07. The number of hydrogen-bond donors (Lipinski definition) is 2. The molecule has 116 valence electrons. The zero-order valence-corrected chi connectivity index (χ0v) is 12.2. The number of aliphatic hydroxyl groups is 1. The van der Waals surface area contributed by atoms with Crippen molar-refractivity contribution in [3.05, 3.63) is 39.9 Å². The van der Waals surface area contributed by atoms with Gasteiger partial charge in [-0.1, -0.05) is 18.2 Å². The fourth-order valence-corrected chi connectivity index (χ4v) is 2.84. The molecule has 1 aliphatic heterocycles. The zero-order chi connectivity index (χ0) is 15.1. The number of benzene rings is 1. The molecule has 6 nitrogen and oxygen atoms in total. The molecule has 1 aromatic carbocycles. The highest BCUT2D eigenvalue weighted by molar-refractivity contribution is 5.39. The molecule has 1 atom stereocenters. The van der Waals surface area contributed by atoms with Crippen LogP contribution in [0.15, 0.2) is 24.3 Å². The molecule has 0 aliphatic carbocycles. The van der Waals surface area contributed by atoms with Crippen LogP contribution in [0.5, 0.6) is 0 Å². The van der Waals surface area contributed by atoms with Gasteiger partial charge in [0.15, 0.2) is 0 Å². The van der Waals surface area contributed by atoms with Gasteiger partial charge in [0.25, 0.3) is 5.69 Å². The van der Waals surface area contributed by atoms with Crippen LogP contribution in [0.4, 0.5) is 5.69 Å². The number of nitrogens with zero attached hydrogens (tertiary/aromatic N) is 2. The minimum atomic E-state index is -0.329. The first-order valence-electron chi connectivity index (χ1n) is 7.49. The molecule has 1 saturated heterocycles. The normalized spacial score (nSPS) is 18.3. The fourth-order valence-electron chi connectivity index (χ4n) is 2.84. The van der Waals surface area contributed by atoms with Gasteiger partial charge in [-0.25, -0.2) is 0 Å². The van der Waals surface area contributed by atoms with Gasteiger partial charge < -0.3 is 10.4 Å². The molecule has 1 aromatic rings. The van der Waals surface area contributed by atoms with E-state index in [0.29, 0.717) is 19.0 Å². The number of rotatable bonds is 8. The summed E-state index contributed by atoms with van der Waals surface area (Å²) in [5.74, 6) is 0. The van der Waals surface area contributed by atoms with Gasteiger partial charge >= 0.3 is 0 Å². The average molecular weight is 293 g/mol. The second-order valence-electron chi connectivity index (χ2n) is 5.45. The van der Waals surface area contributed by atoms with Gasteiger partial charge in [0.05, 0.1) is 11.5 Å². The highest BCUT2D eigenvalue weighted by atomic mass is 16.6. The third-order valence-electron chi connectivity index (χ3n) is 3.94. The van der Waals surface area contributed by atoms with Gasteiger partial charge in [0.1, 0.15) is 0 Å². The Labute approximate surface area is 124 Å². The molecule has 0 spiro atoms. The Morgan fingerprint density at radius 3 is 2.86 bits per heavy atom. The summed E-state index contributed by atoms with van der Waals surface area (Å²) < 4.78 is 0. The van der Waals surface area contributed by atoms with Gasteiger partial charge in [-0.05, 0) is 25.8 Å². The van der Waals surface area contributed by atoms with E-state index in [1.54, 1.807) is 12.1 Å². The lowest BCUT2D eigenvalue weighted by atomic mass is 10.1. The summed E-state index contributed by atoms with van der Waals surface area (Å²) >= 11 is 0. The molecule has 6 heteroatoms. The maximum Gasteiger partial charge on any atom is 0.272 e. The van der Waals surface area contributed by atoms with E-state index in [1.807, 2.05) is 12.1 Å². The Hall–Kier alpha value is -1.50. The monoisotopic (exact) mass is 293 g/mol. The van der Waals surface area contributed by atoms with Crippen molar-refractivity contribution in [3.8, 4) is 0 Å². The van der Waals surface area contributed by atoms with E-state index in [0.717, 1.165) is 31.6 Å². The van der Waals surface area contributed by atoms with Crippen molar-refractivity contribution in [2.24, 2.45) is 0 Å². The van der Waals surface area contributed by atoms with Gasteiger partial charge in [0.2, 0.25) is 0 Å². The number of nitro groups is 1. The Morgan fingerprint density at radius 1 is 1.38 bits per heavy atom. The zero-order valence-electron chi connectivity index (χ0n) is 12.2. The lowest BCUT2D eigenvalue weighted by Gasteiger charge is -2.24. The van der Waals surface area contributed by atoms with Crippen LogP contribution in [-0.4, -0.2) is 53.8 Å². The van der Waals surface area contributed by atoms with E-state index in [4.69, 9.17) is 0 Å². The summed E-state index contributed by atoms with van der Waals surface area (Å²) in [6.45, 7) is 3.40. The van der Waals surface area contributed by atoms with E-state index in [-0.39, 0.29) is 17.2 Å². The Bertz CT molecular complexity index is 461. The predicted octanol–water partition coefficient (Wildman–Crippen LogP) is 1.18. The third kappa shape index (κ3) is 4.77. The standard InChI is InChI=1S/C15H23N3O3/c19-11-10-17(12-14-5-3-8-16-14)9-7-13-4-1-2-6-15(13)18(20)21/h1-2,4,6,14,16,19H,3,5,7-12H2. The van der Waals surface area contributed by atoms with Crippen molar-refractivity contribution >= 4 is 5.69 Å². The number of hydrogen-bond acceptors (Lipinski definition) is 5. The Kier molecular flexibility index (Phi) is 6.10. The van der Waals surface area contributed by atoms with E-state index < -0.39 is 0 Å². The Balaban J connectivity index is 1.93. The molecular formula is C15H23N3O3. The first kappa shape index (κ1) is 15.9. The molecule has 0 amide bonds. The fraction of sp³-hybridized carbons (Fsp3) is 0.600. The quantitative estimate of drug-likeness (QED) is 0.556. The molecule has 21 heavy (non-hydrogen) atoms. The minimum Gasteiger partial charge on any atom is -0.395 e. The topological polar surface area (TPSA) is 78.6 Å². The molecule has 2 rings (SSSR count). The van der Waals surface area contributed by atoms with Crippen molar-refractivity contribution in [2.75, 3.05) is 32.8 Å². The van der Waals surface area contributed by atoms with Crippen LogP contribution >= 0.6 is 0 Å². The van der Waals surface area contributed by atoms with Crippen LogP contribution in [0.3, 0.4) is 0 Å². The summed E-state index contributed by atoms with van der Waals surface area (Å²) in [7, 11) is 0. The number of aliphatic hydroxyl groups excluding tert-OH is 1. The van der Waals surface area contributed by atoms with Gasteiger partial charge in [-0.3, -0.25) is 15.0 Å². The van der Waals surface area contributed by atoms with Crippen LogP contribution < -0.4 is 5.32 Å². The molecule has 0 aromatic heterocycles. The average Bonchev–Trinajstić information content (AvgIpc) is 2.98. The van der Waals surface area contributed by atoms with Gasteiger partial charge in [0, 0.05) is 37.3 Å². The summed E-state index contributed by atoms with van der Waals surface area (Å²) in [6, 6.07) is 7.35. The summed E-state index contributed by atoms with van der Waals surface area (Å²) in [6.07, 6.45) is 2.99. The maximum absolute atomic E-state index is 11.0. The first-order chi connectivity index (χ1) is 10.2. The molecule has 1 fully saturated rings. The van der Waals surface area contributed by atoms with Gasteiger partial charge in [-0.2, -0.15) is 0 Å². The molecule has 0 saturated carbocycles. The first-order valence-corrected chi connectivity index (χ1v) is 7.49. The molecule has 0 bridgehead atoms. The van der Waals surface area contributed by atoms with Crippen molar-refractivity contribution in [1.29, 1.82) is 0 Å². The molecular weight excluding hydrogens is 270 g/mol. The Morgan fingerprint density at radius 2 is 2.19 bits per heavy atom. The van der Waals surface area contributed by atoms with Crippen LogP contribution in [0, 0.1) is 10.1 Å². The summed E-state index contributed by atoms with van der Waals surface area (Å²) in [4.78, 5) is 12.9. The summed E-state index contributed by atoms with van der Waals surface area (Å²) in [5.41, 5.74) is 0.935. The molecule has 0 radical (unpaired) electrons. The molecule has 1 aliphatic rings. The number of para-hydroxylation sites is 1. The predicted molar refractivity (Wildman–Crippen MR) is 81.4 cm³/mol. The molecule has 1 heterocycles. The highest BCUT2D eigenvalue weighted by Crippen LogP contribution is 2.18. The van der Waals surface area contributed by atoms with Crippen molar-refractivity contribution < 1.29 is 10.0 Å². The van der Waals surface area contributed by atoms with Gasteiger partial charge in [-0.15, -0.1) is 0 Å². The summed E-state index contributed by atoms with van der Waals surface area (Å²) in [5, 5.41) is 23.6. The van der Waals surface area contributed by atoms with Crippen molar-refractivity contribution in [3.63, 3.8) is 0 Å². The lowest BCUT2D eigenvalue weighted by molar-refractivity contribution is -0.385. The van der Waals surface area contributed by atoms with E-state index in [1.165, 1.54) is 6.42 Å². The molecule has 2 N–H and O–H groups in total. The van der Waals surface area contributed by atoms with Crippen molar-refractivity contribution in [1.82, 2.24) is 10.2 Å². The van der Waals surface area contributed by atoms with Crippen LogP contribution in [-0.2, 0) is 6.42 Å². The van der Waals surface area contributed by atoms with E-state index >= 15 is 0 Å². The lowest BCUT2D eigenvalue weighted by Crippen LogP contribution is -2.40. The van der Waals surface area contributed by atoms with Crippen LogP contribution in [0.2, 0.25) is 0 Å². The second-order valence-corrected chi connectivity index (χ2v) is 5.45. The van der Waals surface area contributed by atoms with E-state index in [9.17, 15) is 15.2 Å². The van der Waals surface area contributed by atoms with Crippen LogP contribution in [0.1, 0.15) is 18.4 Å². The highest BCUT2D eigenvalue weighted by Gasteiger charge is 2.19. The number of nitro benzene ring substituents is 1. The van der Waals surface area contributed by atoms with E-state index in [2.05, 4.69) is 10.2 Å². The largest absolute Gasteiger partial charge is 0.395 e. The third-order valence-corrected chi connectivity index (χ3v) is 3.94. The smallest absolute Gasteiger partial charge is 0.272 e.